The number of aryl methyl sites for hydroxylation is 1. The number of ketones is 1. The molecule has 0 amide bonds. The van der Waals surface area contributed by atoms with E-state index in [0.29, 0.717) is 40.7 Å². The number of anilines is 1. The Labute approximate surface area is 245 Å². The highest BCUT2D eigenvalue weighted by molar-refractivity contribution is 5.99. The van der Waals surface area contributed by atoms with E-state index in [0.717, 1.165) is 18.9 Å². The molecule has 7 nitrogen and oxygen atoms in total. The van der Waals surface area contributed by atoms with Gasteiger partial charge < -0.3 is 15.4 Å². The molecule has 2 aromatic carbocycles. The minimum atomic E-state index is -4.44. The van der Waals surface area contributed by atoms with Crippen LogP contribution in [0.25, 0.3) is 16.9 Å². The van der Waals surface area contributed by atoms with Gasteiger partial charge >= 0.3 is 12.1 Å². The predicted octanol–water partition coefficient (Wildman–Crippen LogP) is 6.79. The first kappa shape index (κ1) is 30.4. The van der Waals surface area contributed by atoms with E-state index < -0.39 is 30.8 Å². The van der Waals surface area contributed by atoms with Crippen molar-refractivity contribution in [3.05, 3.63) is 77.1 Å². The molecule has 2 aromatic heterocycles. The highest BCUT2D eigenvalue weighted by Gasteiger charge is 2.37. The predicted molar refractivity (Wildman–Crippen MR) is 153 cm³/mol. The van der Waals surface area contributed by atoms with Crippen LogP contribution in [0.5, 0.6) is 5.75 Å². The highest BCUT2D eigenvalue weighted by Crippen LogP contribution is 2.38. The summed E-state index contributed by atoms with van der Waals surface area (Å²) in [5.74, 6) is -3.44. The van der Waals surface area contributed by atoms with E-state index in [1.807, 2.05) is 6.92 Å². The summed E-state index contributed by atoms with van der Waals surface area (Å²) in [6, 6.07) is 11.8. The number of aromatic nitrogens is 3. The number of benzene rings is 2. The molecular weight excluding hydrogens is 569 g/mol. The molecule has 2 heterocycles. The molecule has 1 atom stereocenters. The zero-order valence-corrected chi connectivity index (χ0v) is 23.9. The molecule has 1 aliphatic rings. The number of rotatable bonds is 12. The van der Waals surface area contributed by atoms with Crippen molar-refractivity contribution in [1.29, 1.82) is 0 Å². The second kappa shape index (κ2) is 11.9. The van der Waals surface area contributed by atoms with Gasteiger partial charge in [0.15, 0.2) is 11.4 Å². The number of halogens is 5. The van der Waals surface area contributed by atoms with Gasteiger partial charge in [-0.3, -0.25) is 4.79 Å². The number of nitrogens with zero attached hydrogens (tertiary/aromatic N) is 3. The van der Waals surface area contributed by atoms with Crippen molar-refractivity contribution in [1.82, 2.24) is 19.9 Å². The Bertz CT molecular complexity index is 1610. The van der Waals surface area contributed by atoms with Gasteiger partial charge in [0.2, 0.25) is 0 Å². The maximum Gasteiger partial charge on any atom is 0.390 e. The average molecular weight is 602 g/mol. The smallest absolute Gasteiger partial charge is 0.390 e. The van der Waals surface area contributed by atoms with Gasteiger partial charge in [-0.2, -0.15) is 27.1 Å². The Morgan fingerprint density at radius 1 is 1.09 bits per heavy atom. The van der Waals surface area contributed by atoms with Crippen molar-refractivity contribution < 1.29 is 31.5 Å². The Morgan fingerprint density at radius 2 is 1.81 bits per heavy atom. The normalized spacial score (nSPS) is 14.6. The lowest BCUT2D eigenvalue weighted by Crippen LogP contribution is -2.28. The SMILES string of the molecule is COc1ccc(C(F)(F)c2cc(NCCC(F)(F)F)c3ncc(-c4ccc(C(=O)C(C)CNC5CC5)c(C)c4)n3n2)cc1. The number of Topliss-reactive ketones (excluding diaryl/α,β-unsaturated/α-hetero) is 1. The molecule has 1 saturated carbocycles. The molecule has 0 spiro atoms. The van der Waals surface area contributed by atoms with E-state index >= 15 is 8.78 Å². The van der Waals surface area contributed by atoms with E-state index in [2.05, 4.69) is 20.7 Å². The minimum Gasteiger partial charge on any atom is -0.497 e. The molecule has 12 heteroatoms. The number of alkyl halides is 5. The molecule has 0 bridgehead atoms. The maximum absolute atomic E-state index is 15.8. The van der Waals surface area contributed by atoms with E-state index in [9.17, 15) is 18.0 Å². The van der Waals surface area contributed by atoms with Crippen LogP contribution in [0.2, 0.25) is 0 Å². The highest BCUT2D eigenvalue weighted by atomic mass is 19.4. The molecule has 228 valence electrons. The number of carbonyl (C=O) groups excluding carboxylic acids is 1. The number of carbonyl (C=O) groups is 1. The first-order valence-electron chi connectivity index (χ1n) is 14.0. The number of fused-ring (bicyclic) bond motifs is 1. The van der Waals surface area contributed by atoms with E-state index in [4.69, 9.17) is 4.74 Å². The fourth-order valence-electron chi connectivity index (χ4n) is 4.82. The summed E-state index contributed by atoms with van der Waals surface area (Å²) in [5.41, 5.74) is 1.16. The molecule has 1 aliphatic carbocycles. The zero-order valence-electron chi connectivity index (χ0n) is 23.9. The second-order valence-corrected chi connectivity index (χ2v) is 10.9. The van der Waals surface area contributed by atoms with E-state index in [-0.39, 0.29) is 28.6 Å². The van der Waals surface area contributed by atoms with Crippen LogP contribution in [0.4, 0.5) is 27.6 Å². The molecule has 1 fully saturated rings. The van der Waals surface area contributed by atoms with Crippen LogP contribution in [0.3, 0.4) is 0 Å². The summed E-state index contributed by atoms with van der Waals surface area (Å²) < 4.78 is 76.5. The second-order valence-electron chi connectivity index (χ2n) is 10.9. The lowest BCUT2D eigenvalue weighted by atomic mass is 9.94. The fraction of sp³-hybridized carbons (Fsp3) is 0.387. The van der Waals surface area contributed by atoms with Crippen LogP contribution >= 0.6 is 0 Å². The lowest BCUT2D eigenvalue weighted by molar-refractivity contribution is -0.131. The molecule has 5 rings (SSSR count). The number of hydrogen-bond donors (Lipinski definition) is 2. The summed E-state index contributed by atoms with van der Waals surface area (Å²) in [6.45, 7) is 3.71. The largest absolute Gasteiger partial charge is 0.497 e. The standard InChI is InChI=1S/C31H32F5N5O2/c1-18-14-20(4-11-24(18)28(42)19(2)16-38-22-7-8-22)26-17-39-29-25(37-13-12-30(32,33)34)15-27(40-41(26)29)31(35,36)21-5-9-23(43-3)10-6-21/h4-6,9-11,14-15,17,19,22,37-38H,7-8,12-13,16H2,1-3H3. The first-order chi connectivity index (χ1) is 20.4. The van der Waals surface area contributed by atoms with E-state index in [1.165, 1.54) is 42.1 Å². The van der Waals surface area contributed by atoms with Crippen molar-refractivity contribution >= 4 is 17.1 Å². The Kier molecular flexibility index (Phi) is 8.42. The average Bonchev–Trinajstić information content (AvgIpc) is 3.71. The zero-order chi connectivity index (χ0) is 30.9. The van der Waals surface area contributed by atoms with Gasteiger partial charge in [-0.05, 0) is 61.7 Å². The van der Waals surface area contributed by atoms with Crippen LogP contribution in [-0.4, -0.2) is 52.8 Å². The summed E-state index contributed by atoms with van der Waals surface area (Å²) >= 11 is 0. The van der Waals surface area contributed by atoms with Crippen molar-refractivity contribution in [2.45, 2.75) is 51.3 Å². The summed E-state index contributed by atoms with van der Waals surface area (Å²) in [6.07, 6.45) is -1.94. The fourth-order valence-corrected chi connectivity index (χ4v) is 4.82. The lowest BCUT2D eigenvalue weighted by Gasteiger charge is -2.19. The topological polar surface area (TPSA) is 80.5 Å². The van der Waals surface area contributed by atoms with Crippen LogP contribution < -0.4 is 15.4 Å². The minimum absolute atomic E-state index is 0.00830. The summed E-state index contributed by atoms with van der Waals surface area (Å²) in [5, 5.41) is 10.2. The Morgan fingerprint density at radius 3 is 2.44 bits per heavy atom. The third-order valence-electron chi connectivity index (χ3n) is 7.49. The number of ether oxygens (including phenoxy) is 1. The van der Waals surface area contributed by atoms with Crippen LogP contribution in [0.1, 0.15) is 53.4 Å². The maximum atomic E-state index is 15.8. The number of nitrogens with one attached hydrogen (secondary N) is 2. The molecule has 0 saturated heterocycles. The van der Waals surface area contributed by atoms with Gasteiger partial charge in [0.1, 0.15) is 11.4 Å². The molecular formula is C31H32F5N5O2. The molecule has 1 unspecified atom stereocenters. The number of imidazole rings is 1. The Balaban J connectivity index is 1.52. The van der Waals surface area contributed by atoms with Crippen molar-refractivity contribution in [3.63, 3.8) is 0 Å². The molecule has 43 heavy (non-hydrogen) atoms. The third-order valence-corrected chi connectivity index (χ3v) is 7.49. The van der Waals surface area contributed by atoms with Crippen LogP contribution in [0, 0.1) is 12.8 Å². The van der Waals surface area contributed by atoms with Gasteiger partial charge in [0.25, 0.3) is 0 Å². The van der Waals surface area contributed by atoms with Gasteiger partial charge in [-0.15, -0.1) is 0 Å². The van der Waals surface area contributed by atoms with E-state index in [1.54, 1.807) is 25.1 Å². The van der Waals surface area contributed by atoms with Crippen molar-refractivity contribution in [2.24, 2.45) is 5.92 Å². The van der Waals surface area contributed by atoms with Gasteiger partial charge in [0, 0.05) is 41.7 Å². The van der Waals surface area contributed by atoms with Crippen molar-refractivity contribution in [2.75, 3.05) is 25.5 Å². The van der Waals surface area contributed by atoms with Crippen LogP contribution in [0.15, 0.2) is 54.7 Å². The Hall–Kier alpha value is -4.06. The summed E-state index contributed by atoms with van der Waals surface area (Å²) in [7, 11) is 1.42. The molecule has 2 N–H and O–H groups in total. The molecule has 0 radical (unpaired) electrons. The van der Waals surface area contributed by atoms with Crippen molar-refractivity contribution in [3.8, 4) is 17.0 Å². The number of hydrogen-bond acceptors (Lipinski definition) is 6. The first-order valence-corrected chi connectivity index (χ1v) is 14.0. The molecule has 4 aromatic rings. The monoisotopic (exact) mass is 601 g/mol. The van der Waals surface area contributed by atoms with Gasteiger partial charge in [0.05, 0.1) is 31.1 Å². The summed E-state index contributed by atoms with van der Waals surface area (Å²) in [4.78, 5) is 17.4. The van der Waals surface area contributed by atoms with Gasteiger partial charge in [-0.25, -0.2) is 9.50 Å². The quantitative estimate of drug-likeness (QED) is 0.138. The molecule has 0 aliphatic heterocycles. The third kappa shape index (κ3) is 6.79. The number of methoxy groups -OCH3 is 1. The van der Waals surface area contributed by atoms with Gasteiger partial charge in [-0.1, -0.05) is 19.1 Å². The van der Waals surface area contributed by atoms with Crippen LogP contribution in [-0.2, 0) is 5.92 Å².